The number of ketones is 1. The van der Waals surface area contributed by atoms with E-state index in [1.165, 1.54) is 41.4 Å². The Balaban J connectivity index is 0.000000468. The summed E-state index contributed by atoms with van der Waals surface area (Å²) >= 11 is 0. The van der Waals surface area contributed by atoms with Gasteiger partial charge in [-0.3, -0.25) is 9.78 Å². The van der Waals surface area contributed by atoms with Gasteiger partial charge < -0.3 is 9.52 Å². The summed E-state index contributed by atoms with van der Waals surface area (Å²) in [7, 11) is -1.54. The van der Waals surface area contributed by atoms with Crippen LogP contribution in [0.15, 0.2) is 77.0 Å². The van der Waals surface area contributed by atoms with Crippen LogP contribution in [-0.2, 0) is 31.3 Å². The Bertz CT molecular complexity index is 1660. The Labute approximate surface area is 245 Å². The third-order valence-corrected chi connectivity index (χ3v) is 8.39. The minimum absolute atomic E-state index is 0. The van der Waals surface area contributed by atoms with Crippen LogP contribution in [0.4, 0.5) is 0 Å². The molecule has 2 aromatic heterocycles. The molecule has 0 unspecified atom stereocenters. The maximum Gasteiger partial charge on any atom is 0.155 e. The molecule has 0 aliphatic carbocycles. The Kier molecular flexibility index (Phi) is 9.71. The monoisotopic (exact) mass is 715 g/mol. The van der Waals surface area contributed by atoms with Crippen LogP contribution in [0.25, 0.3) is 44.0 Å². The minimum Gasteiger partial charge on any atom is -0.512 e. The molecular weight excluding hydrogens is 679 g/mol. The largest absolute Gasteiger partial charge is 0.512 e. The molecule has 2 heterocycles. The minimum atomic E-state index is -1.54. The number of aromatic nitrogens is 1. The molecule has 0 amide bonds. The van der Waals surface area contributed by atoms with Gasteiger partial charge in [0.15, 0.2) is 5.78 Å². The van der Waals surface area contributed by atoms with Crippen molar-refractivity contribution in [1.82, 2.24) is 4.98 Å². The van der Waals surface area contributed by atoms with Crippen molar-refractivity contribution < 1.29 is 34.4 Å². The molecule has 0 saturated heterocycles. The number of rotatable bonds is 5. The Morgan fingerprint density at radius 2 is 1.67 bits per heavy atom. The fraction of sp³-hybridized carbons (Fsp3) is 0.273. The molecule has 0 spiro atoms. The normalized spacial score (nSPS) is 11.9. The van der Waals surface area contributed by atoms with E-state index in [-0.39, 0.29) is 31.6 Å². The van der Waals surface area contributed by atoms with E-state index in [0.29, 0.717) is 5.92 Å². The molecule has 3 aromatic carbocycles. The number of pyridine rings is 1. The first-order valence-corrected chi connectivity index (χ1v) is 16.6. The molecule has 5 aromatic rings. The van der Waals surface area contributed by atoms with E-state index >= 15 is 0 Å². The van der Waals surface area contributed by atoms with Crippen molar-refractivity contribution in [3.63, 3.8) is 0 Å². The quantitative estimate of drug-likeness (QED) is 0.0861. The standard InChI is InChI=1S/C28H28NOSi.C5H8O2.Ir/c1-18(2)15-20-17-21(16-19-9-6-7-10-22(19)20)26-28-24(13-14-29-26)23-11-8-12-25(27(23)30-28)31(3,4)5;1-4(6)3-5(2)7;/h6-14,17-18H,15H2,1-5H3;3,6H,1-2H3;/q-1;;/b;4-3-;. The zero-order valence-electron chi connectivity index (χ0n) is 23.7. The molecule has 0 atom stereocenters. The van der Waals surface area contributed by atoms with Crippen molar-refractivity contribution in [1.29, 1.82) is 0 Å². The van der Waals surface area contributed by atoms with E-state index in [1.807, 2.05) is 6.20 Å². The number of carbonyl (C=O) groups is 1. The van der Waals surface area contributed by atoms with Crippen LogP contribution in [0, 0.1) is 12.0 Å². The van der Waals surface area contributed by atoms with E-state index in [0.717, 1.165) is 39.6 Å². The summed E-state index contributed by atoms with van der Waals surface area (Å²) in [4.78, 5) is 14.8. The van der Waals surface area contributed by atoms with Crippen LogP contribution < -0.4 is 5.19 Å². The molecule has 1 radical (unpaired) electrons. The van der Waals surface area contributed by atoms with Gasteiger partial charge in [-0.05, 0) is 37.4 Å². The molecule has 0 bridgehead atoms. The van der Waals surface area contributed by atoms with Crippen molar-refractivity contribution in [2.45, 2.75) is 53.8 Å². The maximum atomic E-state index is 10.0. The number of nitrogens with zero attached hydrogens (tertiary/aromatic N) is 1. The van der Waals surface area contributed by atoms with Crippen molar-refractivity contribution in [2.24, 2.45) is 5.92 Å². The summed E-state index contributed by atoms with van der Waals surface area (Å²) in [6.07, 6.45) is 4.09. The number of hydrogen-bond acceptors (Lipinski definition) is 4. The van der Waals surface area contributed by atoms with Gasteiger partial charge in [-0.1, -0.05) is 80.8 Å². The van der Waals surface area contributed by atoms with Crippen LogP contribution in [0.5, 0.6) is 0 Å². The maximum absolute atomic E-state index is 10.0. The fourth-order valence-corrected chi connectivity index (χ4v) is 6.31. The molecule has 0 fully saturated rings. The summed E-state index contributed by atoms with van der Waals surface area (Å²) in [5.41, 5.74) is 5.12. The fourth-order valence-electron chi connectivity index (χ4n) is 4.84. The number of hydrogen-bond donors (Lipinski definition) is 1. The molecule has 4 nitrogen and oxygen atoms in total. The van der Waals surface area contributed by atoms with E-state index in [2.05, 4.69) is 94.2 Å². The third kappa shape index (κ3) is 6.94. The number of carbonyl (C=O) groups excluding carboxylic acids is 1. The number of aliphatic hydroxyl groups is 1. The molecule has 205 valence electrons. The first kappa shape index (κ1) is 30.5. The van der Waals surface area contributed by atoms with Gasteiger partial charge >= 0.3 is 0 Å². The van der Waals surface area contributed by atoms with Gasteiger partial charge in [0, 0.05) is 48.8 Å². The van der Waals surface area contributed by atoms with Gasteiger partial charge in [-0.2, -0.15) is 0 Å². The first-order valence-electron chi connectivity index (χ1n) is 13.1. The van der Waals surface area contributed by atoms with Crippen LogP contribution >= 0.6 is 0 Å². The Morgan fingerprint density at radius 3 is 2.28 bits per heavy atom. The van der Waals surface area contributed by atoms with E-state index < -0.39 is 8.07 Å². The van der Waals surface area contributed by atoms with Crippen LogP contribution in [-0.4, -0.2) is 23.9 Å². The molecule has 0 saturated carbocycles. The van der Waals surface area contributed by atoms with Crippen molar-refractivity contribution in [3.8, 4) is 11.3 Å². The van der Waals surface area contributed by atoms with Crippen molar-refractivity contribution in [3.05, 3.63) is 84.3 Å². The zero-order valence-corrected chi connectivity index (χ0v) is 27.1. The summed E-state index contributed by atoms with van der Waals surface area (Å²) in [6, 6.07) is 23.1. The summed E-state index contributed by atoms with van der Waals surface area (Å²) in [5.74, 6) is 0.514. The number of allylic oxidation sites excluding steroid dienone is 2. The van der Waals surface area contributed by atoms with Gasteiger partial charge in [0.05, 0.1) is 13.8 Å². The van der Waals surface area contributed by atoms with Crippen LogP contribution in [0.1, 0.15) is 33.3 Å². The number of aliphatic hydroxyl groups excluding tert-OH is 1. The number of para-hydroxylation sites is 1. The van der Waals surface area contributed by atoms with Crippen molar-refractivity contribution in [2.75, 3.05) is 0 Å². The molecule has 39 heavy (non-hydrogen) atoms. The molecule has 0 aliphatic heterocycles. The second-order valence-corrected chi connectivity index (χ2v) is 16.4. The Morgan fingerprint density at radius 1 is 1.00 bits per heavy atom. The summed E-state index contributed by atoms with van der Waals surface area (Å²) < 4.78 is 6.58. The number of furan rings is 1. The van der Waals surface area contributed by atoms with Gasteiger partial charge in [0.25, 0.3) is 0 Å². The Hall–Kier alpha value is -3.05. The van der Waals surface area contributed by atoms with E-state index in [9.17, 15) is 4.79 Å². The second kappa shape index (κ2) is 12.4. The van der Waals surface area contributed by atoms with Crippen LogP contribution in [0.3, 0.4) is 0 Å². The van der Waals surface area contributed by atoms with Gasteiger partial charge in [0.2, 0.25) is 0 Å². The van der Waals surface area contributed by atoms with E-state index in [1.54, 1.807) is 0 Å². The molecule has 1 N–H and O–H groups in total. The number of fused-ring (bicyclic) bond motifs is 4. The average Bonchev–Trinajstić information content (AvgIpc) is 3.21. The predicted molar refractivity (Wildman–Crippen MR) is 162 cm³/mol. The topological polar surface area (TPSA) is 63.3 Å². The predicted octanol–water partition coefficient (Wildman–Crippen LogP) is 8.38. The first-order chi connectivity index (χ1) is 18.0. The van der Waals surface area contributed by atoms with Gasteiger partial charge in [-0.25, -0.2) is 0 Å². The molecule has 6 heteroatoms. The zero-order chi connectivity index (χ0) is 27.6. The number of benzene rings is 3. The van der Waals surface area contributed by atoms with E-state index in [4.69, 9.17) is 14.5 Å². The molecule has 0 aliphatic rings. The summed E-state index contributed by atoms with van der Waals surface area (Å²) in [5, 5.41) is 14.4. The van der Waals surface area contributed by atoms with Crippen molar-refractivity contribution >= 4 is 51.8 Å². The second-order valence-electron chi connectivity index (χ2n) is 11.3. The van der Waals surface area contributed by atoms with Crippen LogP contribution in [0.2, 0.25) is 19.6 Å². The van der Waals surface area contributed by atoms with Gasteiger partial charge in [-0.15, -0.1) is 29.1 Å². The molecule has 5 rings (SSSR count). The SMILES string of the molecule is CC(=O)/C=C(/C)O.CC(C)Cc1cc(-c2nccc3c2oc2c([Si](C)(C)C)cccc23)[c-]c2ccccc12.[Ir]. The average molecular weight is 715 g/mol. The smallest absolute Gasteiger partial charge is 0.155 e. The molecular formula is C33H36IrNO3Si-. The summed E-state index contributed by atoms with van der Waals surface area (Å²) in [6.45, 7) is 14.5. The third-order valence-electron chi connectivity index (χ3n) is 6.38. The van der Waals surface area contributed by atoms with Gasteiger partial charge in [0.1, 0.15) is 11.2 Å².